The third kappa shape index (κ3) is 5.06. The summed E-state index contributed by atoms with van der Waals surface area (Å²) >= 11 is 0. The molecule has 0 bridgehead atoms. The van der Waals surface area contributed by atoms with Crippen LogP contribution in [-0.4, -0.2) is 12.1 Å². The minimum atomic E-state index is -0.193. The molecule has 2 heteroatoms. The van der Waals surface area contributed by atoms with E-state index in [0.717, 1.165) is 18.4 Å². The molecule has 0 aliphatic carbocycles. The van der Waals surface area contributed by atoms with Crippen LogP contribution in [0.25, 0.3) is 0 Å². The molecular weight excluding hydrogens is 236 g/mol. The van der Waals surface area contributed by atoms with Gasteiger partial charge in [-0.15, -0.1) is 0 Å². The molecule has 0 saturated heterocycles. The van der Waals surface area contributed by atoms with Crippen LogP contribution in [0, 0.1) is 5.92 Å². The van der Waals surface area contributed by atoms with Crippen LogP contribution in [0.2, 0.25) is 0 Å². The van der Waals surface area contributed by atoms with Crippen LogP contribution in [0.4, 0.5) is 0 Å². The van der Waals surface area contributed by atoms with E-state index in [9.17, 15) is 4.79 Å². The minimum absolute atomic E-state index is 0.00448. The lowest BCUT2D eigenvalue weighted by Crippen LogP contribution is -2.19. The Morgan fingerprint density at radius 3 is 2.16 bits per heavy atom. The van der Waals surface area contributed by atoms with Crippen molar-refractivity contribution in [1.82, 2.24) is 0 Å². The Hall–Kier alpha value is -1.31. The molecule has 0 saturated carbocycles. The molecule has 0 spiro atoms. The van der Waals surface area contributed by atoms with Crippen molar-refractivity contribution in [2.75, 3.05) is 0 Å². The summed E-state index contributed by atoms with van der Waals surface area (Å²) in [6, 6.07) is 8.31. The molecule has 2 atom stereocenters. The van der Waals surface area contributed by atoms with Gasteiger partial charge in [0.25, 0.3) is 0 Å². The van der Waals surface area contributed by atoms with E-state index in [1.165, 1.54) is 5.56 Å². The number of hydrogen-bond donors (Lipinski definition) is 0. The highest BCUT2D eigenvalue weighted by Crippen LogP contribution is 2.19. The first-order valence-corrected chi connectivity index (χ1v) is 7.23. The van der Waals surface area contributed by atoms with Crippen molar-refractivity contribution < 1.29 is 9.53 Å². The number of carbonyl (C=O) groups is 1. The van der Waals surface area contributed by atoms with Crippen molar-refractivity contribution in [3.63, 3.8) is 0 Å². The van der Waals surface area contributed by atoms with Gasteiger partial charge in [-0.1, -0.05) is 45.0 Å². The molecule has 0 aromatic heterocycles. The number of carbonyl (C=O) groups excluding carboxylic acids is 1. The smallest absolute Gasteiger partial charge is 0.313 e. The molecule has 0 amide bonds. The first kappa shape index (κ1) is 15.7. The maximum absolute atomic E-state index is 12.0. The fraction of sp³-hybridized carbons (Fsp3) is 0.588. The van der Waals surface area contributed by atoms with E-state index >= 15 is 0 Å². The van der Waals surface area contributed by atoms with Crippen LogP contribution < -0.4 is 0 Å². The van der Waals surface area contributed by atoms with E-state index in [4.69, 9.17) is 4.74 Å². The minimum Gasteiger partial charge on any atom is -0.462 e. The molecule has 1 rings (SSSR count). The molecule has 0 fully saturated rings. The van der Waals surface area contributed by atoms with Crippen molar-refractivity contribution in [1.29, 1.82) is 0 Å². The standard InChI is InChI=1S/C17H26O2/c1-6-13(4)19-17(18)14(5)16-9-7-15(8-10-16)11-12(2)3/h7-10,12-14H,6,11H2,1-5H3/t13-,14-/m0/s1. The molecule has 106 valence electrons. The van der Waals surface area contributed by atoms with Gasteiger partial charge in [-0.25, -0.2) is 0 Å². The van der Waals surface area contributed by atoms with Gasteiger partial charge >= 0.3 is 5.97 Å². The van der Waals surface area contributed by atoms with E-state index in [1.54, 1.807) is 0 Å². The lowest BCUT2D eigenvalue weighted by atomic mass is 9.97. The monoisotopic (exact) mass is 262 g/mol. The van der Waals surface area contributed by atoms with E-state index in [2.05, 4.69) is 26.0 Å². The number of benzene rings is 1. The molecule has 0 heterocycles. The van der Waals surface area contributed by atoms with Crippen molar-refractivity contribution in [2.45, 2.75) is 59.5 Å². The molecule has 0 radical (unpaired) electrons. The average molecular weight is 262 g/mol. The Morgan fingerprint density at radius 2 is 1.68 bits per heavy atom. The maximum Gasteiger partial charge on any atom is 0.313 e. The first-order chi connectivity index (χ1) is 8.93. The molecule has 0 aliphatic heterocycles. The third-order valence-corrected chi connectivity index (χ3v) is 3.37. The summed E-state index contributed by atoms with van der Waals surface area (Å²) in [4.78, 5) is 12.0. The van der Waals surface area contributed by atoms with Crippen LogP contribution in [-0.2, 0) is 16.0 Å². The molecule has 0 aliphatic rings. The zero-order valence-electron chi connectivity index (χ0n) is 12.8. The summed E-state index contributed by atoms with van der Waals surface area (Å²) in [5.41, 5.74) is 2.35. The van der Waals surface area contributed by atoms with Crippen LogP contribution in [0.5, 0.6) is 0 Å². The summed E-state index contributed by atoms with van der Waals surface area (Å²) in [6.45, 7) is 10.3. The predicted molar refractivity (Wildman–Crippen MR) is 79.2 cm³/mol. The predicted octanol–water partition coefficient (Wildman–Crippen LogP) is 4.33. The Morgan fingerprint density at radius 1 is 1.11 bits per heavy atom. The topological polar surface area (TPSA) is 26.3 Å². The summed E-state index contributed by atoms with van der Waals surface area (Å²) in [5.74, 6) is 0.326. The summed E-state index contributed by atoms with van der Waals surface area (Å²) in [6.07, 6.45) is 1.92. The zero-order valence-corrected chi connectivity index (χ0v) is 12.8. The van der Waals surface area contributed by atoms with Gasteiger partial charge in [-0.05, 0) is 43.7 Å². The average Bonchev–Trinajstić information content (AvgIpc) is 2.37. The second-order valence-corrected chi connectivity index (χ2v) is 5.72. The van der Waals surface area contributed by atoms with E-state index in [-0.39, 0.29) is 18.0 Å². The molecule has 2 nitrogen and oxygen atoms in total. The van der Waals surface area contributed by atoms with Crippen LogP contribution in [0.3, 0.4) is 0 Å². The van der Waals surface area contributed by atoms with E-state index < -0.39 is 0 Å². The fourth-order valence-corrected chi connectivity index (χ4v) is 1.93. The third-order valence-electron chi connectivity index (χ3n) is 3.37. The largest absolute Gasteiger partial charge is 0.462 e. The van der Waals surface area contributed by atoms with Gasteiger partial charge in [0.15, 0.2) is 0 Å². The second kappa shape index (κ2) is 7.32. The maximum atomic E-state index is 12.0. The Labute approximate surface area is 117 Å². The molecule has 0 N–H and O–H groups in total. The van der Waals surface area contributed by atoms with Gasteiger partial charge in [0.2, 0.25) is 0 Å². The van der Waals surface area contributed by atoms with Crippen LogP contribution in [0.1, 0.15) is 58.1 Å². The number of rotatable bonds is 6. The van der Waals surface area contributed by atoms with Crippen LogP contribution >= 0.6 is 0 Å². The van der Waals surface area contributed by atoms with Gasteiger partial charge in [-0.3, -0.25) is 4.79 Å². The molecule has 0 unspecified atom stereocenters. The van der Waals surface area contributed by atoms with Gasteiger partial charge in [0, 0.05) is 0 Å². The van der Waals surface area contributed by atoms with Crippen molar-refractivity contribution in [2.24, 2.45) is 5.92 Å². The lowest BCUT2D eigenvalue weighted by Gasteiger charge is -2.16. The fourth-order valence-electron chi connectivity index (χ4n) is 1.93. The Balaban J connectivity index is 2.66. The number of esters is 1. The molecular formula is C17H26O2. The van der Waals surface area contributed by atoms with Crippen molar-refractivity contribution in [3.8, 4) is 0 Å². The van der Waals surface area contributed by atoms with Crippen LogP contribution in [0.15, 0.2) is 24.3 Å². The van der Waals surface area contributed by atoms with Gasteiger partial charge < -0.3 is 4.74 Å². The second-order valence-electron chi connectivity index (χ2n) is 5.72. The lowest BCUT2D eigenvalue weighted by molar-refractivity contribution is -0.149. The summed E-state index contributed by atoms with van der Waals surface area (Å²) < 4.78 is 5.37. The number of hydrogen-bond acceptors (Lipinski definition) is 2. The normalized spacial score (nSPS) is 14.2. The summed E-state index contributed by atoms with van der Waals surface area (Å²) in [7, 11) is 0. The van der Waals surface area contributed by atoms with Crippen molar-refractivity contribution in [3.05, 3.63) is 35.4 Å². The van der Waals surface area contributed by atoms with Gasteiger partial charge in [-0.2, -0.15) is 0 Å². The highest BCUT2D eigenvalue weighted by atomic mass is 16.5. The number of ether oxygens (including phenoxy) is 1. The Bertz CT molecular complexity index is 392. The molecule has 19 heavy (non-hydrogen) atoms. The SMILES string of the molecule is CC[C@H](C)OC(=O)[C@@H](C)c1ccc(CC(C)C)cc1. The molecule has 1 aromatic carbocycles. The summed E-state index contributed by atoms with van der Waals surface area (Å²) in [5, 5.41) is 0. The first-order valence-electron chi connectivity index (χ1n) is 7.23. The van der Waals surface area contributed by atoms with Gasteiger partial charge in [0.1, 0.15) is 0 Å². The molecule has 1 aromatic rings. The quantitative estimate of drug-likeness (QED) is 0.713. The highest BCUT2D eigenvalue weighted by molar-refractivity contribution is 5.77. The van der Waals surface area contributed by atoms with E-state index in [1.807, 2.05) is 32.9 Å². The van der Waals surface area contributed by atoms with Crippen molar-refractivity contribution >= 4 is 5.97 Å². The highest BCUT2D eigenvalue weighted by Gasteiger charge is 2.18. The van der Waals surface area contributed by atoms with Gasteiger partial charge in [0.05, 0.1) is 12.0 Å². The van der Waals surface area contributed by atoms with E-state index in [0.29, 0.717) is 5.92 Å². The zero-order chi connectivity index (χ0) is 14.4. The Kier molecular flexibility index (Phi) is 6.07.